The number of fused-ring (bicyclic) bond motifs is 1. The lowest BCUT2D eigenvalue weighted by Gasteiger charge is -2.34. The summed E-state index contributed by atoms with van der Waals surface area (Å²) in [6.45, 7) is 0. The lowest BCUT2D eigenvalue weighted by molar-refractivity contribution is -0.116. The van der Waals surface area contributed by atoms with Crippen molar-refractivity contribution in [3.63, 3.8) is 0 Å². The Hall–Kier alpha value is -4.78. The quantitative estimate of drug-likeness (QED) is 0.315. The van der Waals surface area contributed by atoms with E-state index in [1.165, 1.54) is 0 Å². The highest BCUT2D eigenvalue weighted by Gasteiger charge is 2.42. The monoisotopic (exact) mass is 505 g/mol. The van der Waals surface area contributed by atoms with E-state index >= 15 is 0 Å². The molecular weight excluding hydrogens is 478 g/mol. The van der Waals surface area contributed by atoms with Gasteiger partial charge in [-0.3, -0.25) is 9.69 Å². The van der Waals surface area contributed by atoms with Gasteiger partial charge in [-0.05, 0) is 60.5 Å². The van der Waals surface area contributed by atoms with Crippen molar-refractivity contribution in [3.8, 4) is 5.75 Å². The second-order valence-corrected chi connectivity index (χ2v) is 9.42. The molecule has 1 aliphatic carbocycles. The standard InChI is InChI=1S/C31H27N3O4/c1-37-23-15-13-22(14-16-23)32-31(36)34-26-11-6-5-10-24(26)33-25-18-21(28-12-7-17-38-28)19-27(35)29(25)30(34)20-8-3-2-4-9-20/h2-17,21,30,33H,18-19H2,1H3,(H,32,36)/t21-,30+/m1/s1. The van der Waals surface area contributed by atoms with E-state index in [-0.39, 0.29) is 17.7 Å². The smallest absolute Gasteiger partial charge is 0.327 e. The molecule has 0 radical (unpaired) electrons. The van der Waals surface area contributed by atoms with Crippen LogP contribution in [0.2, 0.25) is 0 Å². The number of ketones is 1. The third-order valence-corrected chi connectivity index (χ3v) is 7.11. The summed E-state index contributed by atoms with van der Waals surface area (Å²) >= 11 is 0. The van der Waals surface area contributed by atoms with Crippen molar-refractivity contribution in [2.24, 2.45) is 0 Å². The van der Waals surface area contributed by atoms with Crippen molar-refractivity contribution in [1.82, 2.24) is 0 Å². The molecule has 7 heteroatoms. The number of nitrogens with zero attached hydrogens (tertiary/aromatic N) is 1. The fraction of sp³-hybridized carbons (Fsp3) is 0.161. The predicted molar refractivity (Wildman–Crippen MR) is 146 cm³/mol. The van der Waals surface area contributed by atoms with Gasteiger partial charge >= 0.3 is 6.03 Å². The van der Waals surface area contributed by atoms with Crippen molar-refractivity contribution >= 4 is 28.9 Å². The Kier molecular flexibility index (Phi) is 6.17. The fourth-order valence-corrected chi connectivity index (χ4v) is 5.35. The number of hydrogen-bond acceptors (Lipinski definition) is 5. The van der Waals surface area contributed by atoms with Gasteiger partial charge in [0.25, 0.3) is 0 Å². The Labute approximate surface area is 220 Å². The number of nitrogens with one attached hydrogen (secondary N) is 2. The van der Waals surface area contributed by atoms with Crippen molar-refractivity contribution in [2.75, 3.05) is 22.6 Å². The number of benzene rings is 3. The molecule has 7 nitrogen and oxygen atoms in total. The summed E-state index contributed by atoms with van der Waals surface area (Å²) < 4.78 is 10.9. The molecule has 4 aromatic rings. The summed E-state index contributed by atoms with van der Waals surface area (Å²) in [6.07, 6.45) is 2.54. The molecule has 0 fully saturated rings. The van der Waals surface area contributed by atoms with Crippen LogP contribution < -0.4 is 20.3 Å². The molecule has 38 heavy (non-hydrogen) atoms. The van der Waals surface area contributed by atoms with E-state index in [4.69, 9.17) is 9.15 Å². The lowest BCUT2D eigenvalue weighted by atomic mass is 9.80. The van der Waals surface area contributed by atoms with Crippen LogP contribution in [-0.2, 0) is 4.79 Å². The average Bonchev–Trinajstić information content (AvgIpc) is 3.44. The van der Waals surface area contributed by atoms with E-state index in [1.54, 1.807) is 42.5 Å². The second-order valence-electron chi connectivity index (χ2n) is 9.42. The van der Waals surface area contributed by atoms with Gasteiger partial charge in [-0.25, -0.2) is 4.79 Å². The molecule has 1 aliphatic heterocycles. The van der Waals surface area contributed by atoms with Crippen LogP contribution in [0.4, 0.5) is 21.9 Å². The third-order valence-electron chi connectivity index (χ3n) is 7.11. The molecule has 2 atom stereocenters. The van der Waals surface area contributed by atoms with Gasteiger partial charge in [0.2, 0.25) is 0 Å². The van der Waals surface area contributed by atoms with Crippen LogP contribution >= 0.6 is 0 Å². The van der Waals surface area contributed by atoms with E-state index < -0.39 is 6.04 Å². The summed E-state index contributed by atoms with van der Waals surface area (Å²) in [6, 6.07) is 27.3. The first-order valence-electron chi connectivity index (χ1n) is 12.6. The number of rotatable bonds is 4. The minimum absolute atomic E-state index is 0.0101. The minimum atomic E-state index is -0.620. The molecule has 2 amide bonds. The highest BCUT2D eigenvalue weighted by molar-refractivity contribution is 6.09. The Balaban J connectivity index is 1.48. The third kappa shape index (κ3) is 4.32. The summed E-state index contributed by atoms with van der Waals surface area (Å²) in [4.78, 5) is 29.7. The van der Waals surface area contributed by atoms with Crippen LogP contribution in [0.1, 0.15) is 36.1 Å². The first-order chi connectivity index (χ1) is 18.6. The summed E-state index contributed by atoms with van der Waals surface area (Å²) in [5.74, 6) is 1.40. The first kappa shape index (κ1) is 23.6. The Morgan fingerprint density at radius 3 is 2.45 bits per heavy atom. The van der Waals surface area contributed by atoms with Gasteiger partial charge in [0.1, 0.15) is 11.5 Å². The molecule has 6 rings (SSSR count). The van der Waals surface area contributed by atoms with Crippen molar-refractivity contribution in [3.05, 3.63) is 120 Å². The SMILES string of the molecule is COc1ccc(NC(=O)N2c3ccccc3NC3=C(C(=O)C[C@H](c4ccco4)C3)[C@@H]2c2ccccc2)cc1. The number of para-hydroxylation sites is 2. The molecular formula is C31H27N3O4. The van der Waals surface area contributed by atoms with Gasteiger partial charge in [0, 0.05) is 29.3 Å². The van der Waals surface area contributed by atoms with Crippen LogP contribution in [0.3, 0.4) is 0 Å². The van der Waals surface area contributed by atoms with Crippen LogP contribution in [0, 0.1) is 0 Å². The van der Waals surface area contributed by atoms with Crippen molar-refractivity contribution in [1.29, 1.82) is 0 Å². The fourth-order valence-electron chi connectivity index (χ4n) is 5.35. The highest BCUT2D eigenvalue weighted by atomic mass is 16.5. The number of anilines is 3. The molecule has 190 valence electrons. The van der Waals surface area contributed by atoms with Crippen molar-refractivity contribution in [2.45, 2.75) is 24.8 Å². The molecule has 0 bridgehead atoms. The summed E-state index contributed by atoms with van der Waals surface area (Å²) in [7, 11) is 1.60. The second kappa shape index (κ2) is 9.94. The average molecular weight is 506 g/mol. The number of hydrogen-bond donors (Lipinski definition) is 2. The normalized spacial score (nSPS) is 18.7. The maximum atomic E-state index is 14.1. The van der Waals surface area contributed by atoms with Crippen LogP contribution in [-0.4, -0.2) is 18.9 Å². The number of urea groups is 1. The van der Waals surface area contributed by atoms with Gasteiger partial charge in [0.15, 0.2) is 5.78 Å². The number of allylic oxidation sites excluding steroid dienone is 1. The Bertz CT molecular complexity index is 1490. The molecule has 0 unspecified atom stereocenters. The van der Waals surface area contributed by atoms with Gasteiger partial charge in [-0.2, -0.15) is 0 Å². The molecule has 0 saturated carbocycles. The van der Waals surface area contributed by atoms with Crippen LogP contribution in [0.25, 0.3) is 0 Å². The van der Waals surface area contributed by atoms with E-state index in [2.05, 4.69) is 10.6 Å². The number of furan rings is 1. The van der Waals surface area contributed by atoms with E-state index in [1.807, 2.05) is 66.7 Å². The van der Waals surface area contributed by atoms with E-state index in [0.717, 1.165) is 22.7 Å². The topological polar surface area (TPSA) is 83.8 Å². The van der Waals surface area contributed by atoms with Crippen LogP contribution in [0.15, 0.2) is 113 Å². The Morgan fingerprint density at radius 2 is 1.71 bits per heavy atom. The first-order valence-corrected chi connectivity index (χ1v) is 12.6. The predicted octanol–water partition coefficient (Wildman–Crippen LogP) is 6.89. The summed E-state index contributed by atoms with van der Waals surface area (Å²) in [5, 5.41) is 6.55. The van der Waals surface area contributed by atoms with E-state index in [9.17, 15) is 9.59 Å². The molecule has 3 aromatic carbocycles. The molecule has 0 spiro atoms. The number of ether oxygens (including phenoxy) is 1. The molecule has 2 aliphatic rings. The van der Waals surface area contributed by atoms with Gasteiger partial charge in [-0.1, -0.05) is 42.5 Å². The van der Waals surface area contributed by atoms with Gasteiger partial charge in [-0.15, -0.1) is 0 Å². The molecule has 1 aromatic heterocycles. The number of amides is 2. The maximum Gasteiger partial charge on any atom is 0.327 e. The maximum absolute atomic E-state index is 14.1. The molecule has 0 saturated heterocycles. The number of carbonyl (C=O) groups excluding carboxylic acids is 2. The van der Waals surface area contributed by atoms with Crippen molar-refractivity contribution < 1.29 is 18.7 Å². The number of carbonyl (C=O) groups is 2. The highest BCUT2D eigenvalue weighted by Crippen LogP contribution is 2.47. The zero-order chi connectivity index (χ0) is 26.1. The minimum Gasteiger partial charge on any atom is -0.497 e. The molecule has 2 N–H and O–H groups in total. The molecule has 2 heterocycles. The zero-order valence-corrected chi connectivity index (χ0v) is 20.9. The largest absolute Gasteiger partial charge is 0.497 e. The van der Waals surface area contributed by atoms with E-state index in [0.29, 0.717) is 35.5 Å². The van der Waals surface area contributed by atoms with Gasteiger partial charge in [0.05, 0.1) is 30.8 Å². The summed E-state index contributed by atoms with van der Waals surface area (Å²) in [5.41, 5.74) is 4.33. The van der Waals surface area contributed by atoms with Gasteiger partial charge < -0.3 is 19.8 Å². The zero-order valence-electron chi connectivity index (χ0n) is 20.9. The van der Waals surface area contributed by atoms with Crippen LogP contribution in [0.5, 0.6) is 5.75 Å². The number of methoxy groups -OCH3 is 1. The Morgan fingerprint density at radius 1 is 0.947 bits per heavy atom. The number of Topliss-reactive ketones (excluding diaryl/α,β-unsaturated/α-hetero) is 1. The lowest BCUT2D eigenvalue weighted by Crippen LogP contribution is -2.41.